The predicted molar refractivity (Wildman–Crippen MR) is 76.3 cm³/mol. The van der Waals surface area contributed by atoms with Gasteiger partial charge in [0.15, 0.2) is 0 Å². The van der Waals surface area contributed by atoms with E-state index in [1.54, 1.807) is 0 Å². The molecule has 0 fully saturated rings. The summed E-state index contributed by atoms with van der Waals surface area (Å²) in [5.41, 5.74) is 5.89. The normalized spacial score (nSPS) is 13.7. The summed E-state index contributed by atoms with van der Waals surface area (Å²) in [7, 11) is 4.26. The molecule has 16 heavy (non-hydrogen) atoms. The largest absolute Gasteiger partial charge is 0.329 e. The second-order valence-corrected chi connectivity index (χ2v) is 5.50. The van der Waals surface area contributed by atoms with Crippen LogP contribution in [0.15, 0.2) is 0 Å². The smallest absolute Gasteiger partial charge is 0.0226 e. The van der Waals surface area contributed by atoms with Crippen molar-refractivity contribution < 1.29 is 0 Å². The van der Waals surface area contributed by atoms with Crippen molar-refractivity contribution in [2.24, 2.45) is 5.73 Å². The molecule has 0 aliphatic carbocycles. The lowest BCUT2D eigenvalue weighted by Crippen LogP contribution is -2.44. The number of likely N-dealkylation sites (N-methyl/N-ethyl adjacent to an activating group) is 1. The number of nitrogens with two attached hydrogens (primary N) is 1. The van der Waals surface area contributed by atoms with Gasteiger partial charge in [-0.2, -0.15) is 11.8 Å². The van der Waals surface area contributed by atoms with Gasteiger partial charge in [0.25, 0.3) is 0 Å². The molecule has 0 bridgehead atoms. The maximum Gasteiger partial charge on any atom is 0.0226 e. The fourth-order valence-corrected chi connectivity index (χ4v) is 2.30. The van der Waals surface area contributed by atoms with Gasteiger partial charge in [0.2, 0.25) is 0 Å². The molecule has 2 N–H and O–H groups in total. The van der Waals surface area contributed by atoms with E-state index in [2.05, 4.69) is 37.1 Å². The van der Waals surface area contributed by atoms with E-state index < -0.39 is 0 Å². The van der Waals surface area contributed by atoms with Gasteiger partial charge in [-0.1, -0.05) is 6.92 Å². The van der Waals surface area contributed by atoms with Crippen LogP contribution in [-0.2, 0) is 0 Å². The predicted octanol–water partition coefficient (Wildman–Crippen LogP) is 1.34. The van der Waals surface area contributed by atoms with Gasteiger partial charge in [0.1, 0.15) is 0 Å². The summed E-state index contributed by atoms with van der Waals surface area (Å²) in [6.07, 6.45) is 4.59. The summed E-state index contributed by atoms with van der Waals surface area (Å²) in [4.78, 5) is 4.79. The Morgan fingerprint density at radius 2 is 1.88 bits per heavy atom. The number of hydrogen-bond acceptors (Lipinski definition) is 4. The monoisotopic (exact) mass is 247 g/mol. The summed E-state index contributed by atoms with van der Waals surface area (Å²) in [6.45, 7) is 6.45. The van der Waals surface area contributed by atoms with E-state index in [1.807, 2.05) is 11.8 Å². The molecule has 0 radical (unpaired) electrons. The standard InChI is InChI=1S/C12H29N3S/c1-5-7-15(9-8-14(2)3)12(11-13)6-10-16-4/h12H,5-11,13H2,1-4H3. The molecule has 0 rings (SSSR count). The number of nitrogens with zero attached hydrogens (tertiary/aromatic N) is 2. The zero-order valence-corrected chi connectivity index (χ0v) is 12.2. The molecule has 0 spiro atoms. The van der Waals surface area contributed by atoms with E-state index in [-0.39, 0.29) is 0 Å². The minimum absolute atomic E-state index is 0.562. The van der Waals surface area contributed by atoms with Gasteiger partial charge in [-0.05, 0) is 45.5 Å². The molecule has 0 aromatic carbocycles. The SMILES string of the molecule is CCCN(CCN(C)C)C(CN)CCSC. The molecule has 0 aliphatic rings. The highest BCUT2D eigenvalue weighted by molar-refractivity contribution is 7.98. The van der Waals surface area contributed by atoms with Crippen LogP contribution in [0.2, 0.25) is 0 Å². The second-order valence-electron chi connectivity index (χ2n) is 4.51. The van der Waals surface area contributed by atoms with Crippen LogP contribution in [0.5, 0.6) is 0 Å². The Balaban J connectivity index is 4.10. The number of hydrogen-bond donors (Lipinski definition) is 1. The van der Waals surface area contributed by atoms with Gasteiger partial charge >= 0.3 is 0 Å². The van der Waals surface area contributed by atoms with E-state index in [0.717, 1.165) is 19.6 Å². The summed E-state index contributed by atoms with van der Waals surface area (Å²) in [6, 6.07) is 0.562. The van der Waals surface area contributed by atoms with E-state index in [4.69, 9.17) is 5.73 Å². The van der Waals surface area contributed by atoms with E-state index >= 15 is 0 Å². The number of thioether (sulfide) groups is 1. The fourth-order valence-electron chi connectivity index (χ4n) is 1.80. The average molecular weight is 247 g/mol. The highest BCUT2D eigenvalue weighted by atomic mass is 32.2. The van der Waals surface area contributed by atoms with Gasteiger partial charge in [0.05, 0.1) is 0 Å². The Kier molecular flexibility index (Phi) is 10.5. The Morgan fingerprint density at radius 3 is 2.31 bits per heavy atom. The molecule has 4 heteroatoms. The van der Waals surface area contributed by atoms with Gasteiger partial charge in [0, 0.05) is 25.7 Å². The van der Waals surface area contributed by atoms with Crippen molar-refractivity contribution in [2.45, 2.75) is 25.8 Å². The van der Waals surface area contributed by atoms with Crippen LogP contribution < -0.4 is 5.73 Å². The minimum atomic E-state index is 0.562. The maximum atomic E-state index is 5.89. The molecule has 1 unspecified atom stereocenters. The Labute approximate surface area is 106 Å². The van der Waals surface area contributed by atoms with Crippen LogP contribution in [0.4, 0.5) is 0 Å². The van der Waals surface area contributed by atoms with Crippen LogP contribution in [0.1, 0.15) is 19.8 Å². The Morgan fingerprint density at radius 1 is 1.19 bits per heavy atom. The third-order valence-electron chi connectivity index (χ3n) is 2.79. The first-order chi connectivity index (χ1) is 7.65. The Bertz CT molecular complexity index is 153. The summed E-state index contributed by atoms with van der Waals surface area (Å²) in [5, 5.41) is 0. The fraction of sp³-hybridized carbons (Fsp3) is 1.00. The first kappa shape index (κ1) is 16.2. The summed E-state index contributed by atoms with van der Waals surface area (Å²) >= 11 is 1.91. The van der Waals surface area contributed by atoms with Crippen molar-refractivity contribution in [3.05, 3.63) is 0 Å². The average Bonchev–Trinajstić information content (AvgIpc) is 2.26. The topological polar surface area (TPSA) is 32.5 Å². The molecule has 0 saturated carbocycles. The highest BCUT2D eigenvalue weighted by Crippen LogP contribution is 2.08. The Hall–Kier alpha value is 0.230. The lowest BCUT2D eigenvalue weighted by molar-refractivity contribution is 0.178. The molecular weight excluding hydrogens is 218 g/mol. The summed E-state index contributed by atoms with van der Waals surface area (Å²) < 4.78 is 0. The van der Waals surface area contributed by atoms with Crippen molar-refractivity contribution in [1.29, 1.82) is 0 Å². The zero-order chi connectivity index (χ0) is 12.4. The quantitative estimate of drug-likeness (QED) is 0.631. The first-order valence-electron chi connectivity index (χ1n) is 6.23. The highest BCUT2D eigenvalue weighted by Gasteiger charge is 2.15. The van der Waals surface area contributed by atoms with Crippen LogP contribution in [-0.4, -0.2) is 68.1 Å². The molecule has 98 valence electrons. The molecule has 1 atom stereocenters. The second kappa shape index (κ2) is 10.4. The molecule has 0 amide bonds. The van der Waals surface area contributed by atoms with Crippen molar-refractivity contribution in [2.75, 3.05) is 52.3 Å². The van der Waals surface area contributed by atoms with Gasteiger partial charge in [-0.25, -0.2) is 0 Å². The van der Waals surface area contributed by atoms with Crippen molar-refractivity contribution >= 4 is 11.8 Å². The van der Waals surface area contributed by atoms with E-state index in [9.17, 15) is 0 Å². The lowest BCUT2D eigenvalue weighted by Gasteiger charge is -2.31. The molecule has 0 aromatic rings. The molecule has 0 saturated heterocycles. The molecule has 0 aliphatic heterocycles. The molecule has 3 nitrogen and oxygen atoms in total. The van der Waals surface area contributed by atoms with Crippen LogP contribution >= 0.6 is 11.8 Å². The van der Waals surface area contributed by atoms with Gasteiger partial charge < -0.3 is 10.6 Å². The molecular formula is C12H29N3S. The van der Waals surface area contributed by atoms with Crippen LogP contribution in [0.25, 0.3) is 0 Å². The van der Waals surface area contributed by atoms with Crippen molar-refractivity contribution in [3.8, 4) is 0 Å². The van der Waals surface area contributed by atoms with E-state index in [1.165, 1.54) is 25.1 Å². The zero-order valence-electron chi connectivity index (χ0n) is 11.4. The maximum absolute atomic E-state index is 5.89. The van der Waals surface area contributed by atoms with E-state index in [0.29, 0.717) is 6.04 Å². The molecule has 0 heterocycles. The third-order valence-corrected chi connectivity index (χ3v) is 3.43. The summed E-state index contributed by atoms with van der Waals surface area (Å²) in [5.74, 6) is 1.21. The minimum Gasteiger partial charge on any atom is -0.329 e. The van der Waals surface area contributed by atoms with Crippen molar-refractivity contribution in [1.82, 2.24) is 9.80 Å². The van der Waals surface area contributed by atoms with Gasteiger partial charge in [-0.15, -0.1) is 0 Å². The lowest BCUT2D eigenvalue weighted by atomic mass is 10.2. The van der Waals surface area contributed by atoms with Gasteiger partial charge in [-0.3, -0.25) is 4.90 Å². The van der Waals surface area contributed by atoms with Crippen LogP contribution in [0, 0.1) is 0 Å². The van der Waals surface area contributed by atoms with Crippen LogP contribution in [0.3, 0.4) is 0 Å². The van der Waals surface area contributed by atoms with Crippen molar-refractivity contribution in [3.63, 3.8) is 0 Å². The third kappa shape index (κ3) is 7.49. The molecule has 0 aromatic heterocycles. The first-order valence-corrected chi connectivity index (χ1v) is 7.62. The number of rotatable bonds is 10.